The quantitative estimate of drug-likeness (QED) is 0.743. The van der Waals surface area contributed by atoms with Crippen molar-refractivity contribution in [2.24, 2.45) is 5.92 Å². The lowest BCUT2D eigenvalue weighted by Gasteiger charge is -2.27. The fourth-order valence-electron chi connectivity index (χ4n) is 1.83. The normalized spacial score (nSPS) is 12.9. The van der Waals surface area contributed by atoms with Crippen LogP contribution in [0.4, 0.5) is 5.82 Å². The highest BCUT2D eigenvalue weighted by Gasteiger charge is 2.14. The minimum absolute atomic E-state index is 0.346. The Morgan fingerprint density at radius 2 is 1.94 bits per heavy atom. The van der Waals surface area contributed by atoms with E-state index in [1.807, 2.05) is 12.1 Å². The van der Waals surface area contributed by atoms with Gasteiger partial charge in [0.05, 0.1) is 16.6 Å². The summed E-state index contributed by atoms with van der Waals surface area (Å²) in [5.41, 5.74) is 0.745. The van der Waals surface area contributed by atoms with Gasteiger partial charge in [-0.15, -0.1) is 11.6 Å². The maximum Gasteiger partial charge on any atom is 0.128 e. The van der Waals surface area contributed by atoms with E-state index in [1.54, 1.807) is 0 Å². The van der Waals surface area contributed by atoms with Crippen LogP contribution in [0, 0.1) is 5.92 Å². The summed E-state index contributed by atoms with van der Waals surface area (Å²) >= 11 is 11.8. The summed E-state index contributed by atoms with van der Waals surface area (Å²) in [5, 5.41) is 0.633. The standard InChI is InChI=1S/C13H20Cl2N2/c1-9(2)7-10(3)17(4)13-6-5-11(15)12(8-14)16-13/h5-6,9-10H,7-8H2,1-4H3. The van der Waals surface area contributed by atoms with E-state index >= 15 is 0 Å². The van der Waals surface area contributed by atoms with Crippen LogP contribution in [0.25, 0.3) is 0 Å². The third-order valence-corrected chi connectivity index (χ3v) is 3.46. The van der Waals surface area contributed by atoms with Crippen molar-refractivity contribution in [3.63, 3.8) is 0 Å². The molecule has 0 spiro atoms. The van der Waals surface area contributed by atoms with E-state index in [-0.39, 0.29) is 0 Å². The summed E-state index contributed by atoms with van der Waals surface area (Å²) in [4.78, 5) is 6.65. The van der Waals surface area contributed by atoms with Gasteiger partial charge in [-0.2, -0.15) is 0 Å². The van der Waals surface area contributed by atoms with Crippen LogP contribution in [0.15, 0.2) is 12.1 Å². The molecule has 0 aliphatic heterocycles. The first kappa shape index (κ1) is 14.6. The smallest absolute Gasteiger partial charge is 0.128 e. The average Bonchev–Trinajstić information content (AvgIpc) is 2.27. The molecule has 0 aliphatic rings. The van der Waals surface area contributed by atoms with Gasteiger partial charge in [0.1, 0.15) is 5.82 Å². The second-order valence-electron chi connectivity index (χ2n) is 4.82. The Kier molecular flexibility index (Phi) is 5.54. The number of hydrogen-bond donors (Lipinski definition) is 0. The van der Waals surface area contributed by atoms with E-state index in [9.17, 15) is 0 Å². The largest absolute Gasteiger partial charge is 0.357 e. The van der Waals surface area contributed by atoms with E-state index in [0.29, 0.717) is 22.9 Å². The summed E-state index contributed by atoms with van der Waals surface area (Å²) in [6, 6.07) is 4.25. The van der Waals surface area contributed by atoms with E-state index in [2.05, 4.69) is 37.7 Å². The lowest BCUT2D eigenvalue weighted by atomic mass is 10.0. The third kappa shape index (κ3) is 4.04. The van der Waals surface area contributed by atoms with Gasteiger partial charge < -0.3 is 4.90 Å². The van der Waals surface area contributed by atoms with Gasteiger partial charge in [0.15, 0.2) is 0 Å². The van der Waals surface area contributed by atoms with E-state index in [1.165, 1.54) is 0 Å². The van der Waals surface area contributed by atoms with Crippen LogP contribution < -0.4 is 4.90 Å². The fraction of sp³-hybridized carbons (Fsp3) is 0.615. The predicted molar refractivity (Wildman–Crippen MR) is 76.1 cm³/mol. The molecule has 17 heavy (non-hydrogen) atoms. The molecule has 1 rings (SSSR count). The molecular formula is C13H20Cl2N2. The molecule has 1 aromatic heterocycles. The summed E-state index contributed by atoms with van der Waals surface area (Å²) < 4.78 is 0. The number of pyridine rings is 1. The molecule has 0 amide bonds. The van der Waals surface area contributed by atoms with Crippen LogP contribution in [0.3, 0.4) is 0 Å². The van der Waals surface area contributed by atoms with Crippen molar-refractivity contribution < 1.29 is 0 Å². The summed E-state index contributed by atoms with van der Waals surface area (Å²) in [7, 11) is 2.06. The van der Waals surface area contributed by atoms with E-state index < -0.39 is 0 Å². The highest BCUT2D eigenvalue weighted by molar-refractivity contribution is 6.32. The van der Waals surface area contributed by atoms with Crippen molar-refractivity contribution in [3.05, 3.63) is 22.8 Å². The first-order valence-corrected chi connectivity index (χ1v) is 6.81. The lowest BCUT2D eigenvalue weighted by molar-refractivity contribution is 0.502. The fourth-order valence-corrected chi connectivity index (χ4v) is 2.27. The van der Waals surface area contributed by atoms with Crippen molar-refractivity contribution in [1.29, 1.82) is 0 Å². The van der Waals surface area contributed by atoms with Gasteiger partial charge in [0.25, 0.3) is 0 Å². The van der Waals surface area contributed by atoms with Crippen LogP contribution >= 0.6 is 23.2 Å². The molecule has 0 saturated heterocycles. The molecule has 1 unspecified atom stereocenters. The maximum atomic E-state index is 6.00. The molecule has 4 heteroatoms. The van der Waals surface area contributed by atoms with E-state index in [0.717, 1.165) is 17.9 Å². The molecule has 0 aliphatic carbocycles. The molecule has 1 atom stereocenters. The molecule has 0 fully saturated rings. The summed E-state index contributed by atoms with van der Waals surface area (Å²) in [6.45, 7) is 6.66. The van der Waals surface area contributed by atoms with Gasteiger partial charge in [-0.3, -0.25) is 0 Å². The summed E-state index contributed by atoms with van der Waals surface area (Å²) in [6.07, 6.45) is 1.14. The highest BCUT2D eigenvalue weighted by Crippen LogP contribution is 2.22. The molecule has 2 nitrogen and oxygen atoms in total. The number of alkyl halides is 1. The predicted octanol–water partition coefficient (Wildman–Crippen LogP) is 4.34. The maximum absolute atomic E-state index is 6.00. The van der Waals surface area contributed by atoms with Crippen LogP contribution in [0.1, 0.15) is 32.9 Å². The third-order valence-electron chi connectivity index (χ3n) is 2.87. The Hall–Kier alpha value is -0.470. The molecule has 96 valence electrons. The number of rotatable bonds is 5. The number of anilines is 1. The molecule has 1 heterocycles. The van der Waals surface area contributed by atoms with Gasteiger partial charge in [0, 0.05) is 13.1 Å². The number of aromatic nitrogens is 1. The molecule has 0 saturated carbocycles. The second-order valence-corrected chi connectivity index (χ2v) is 5.50. The Morgan fingerprint density at radius 1 is 1.29 bits per heavy atom. The minimum atomic E-state index is 0.346. The first-order valence-electron chi connectivity index (χ1n) is 5.90. The first-order chi connectivity index (χ1) is 7.95. The highest BCUT2D eigenvalue weighted by atomic mass is 35.5. The van der Waals surface area contributed by atoms with E-state index in [4.69, 9.17) is 23.2 Å². The van der Waals surface area contributed by atoms with Crippen molar-refractivity contribution in [3.8, 4) is 0 Å². The van der Waals surface area contributed by atoms with Gasteiger partial charge in [0.2, 0.25) is 0 Å². The Balaban J connectivity index is 2.84. The van der Waals surface area contributed by atoms with Crippen LogP contribution in [0.2, 0.25) is 5.02 Å². The zero-order chi connectivity index (χ0) is 13.0. The van der Waals surface area contributed by atoms with Gasteiger partial charge in [-0.1, -0.05) is 25.4 Å². The molecular weight excluding hydrogens is 255 g/mol. The van der Waals surface area contributed by atoms with Crippen LogP contribution in [0.5, 0.6) is 0 Å². The number of nitrogens with zero attached hydrogens (tertiary/aromatic N) is 2. The lowest BCUT2D eigenvalue weighted by Crippen LogP contribution is -2.30. The average molecular weight is 275 g/mol. The monoisotopic (exact) mass is 274 g/mol. The van der Waals surface area contributed by atoms with Crippen molar-refractivity contribution >= 4 is 29.0 Å². The molecule has 0 radical (unpaired) electrons. The Bertz CT molecular complexity index is 366. The van der Waals surface area contributed by atoms with Crippen LogP contribution in [-0.4, -0.2) is 18.1 Å². The zero-order valence-corrected chi connectivity index (χ0v) is 12.4. The number of hydrogen-bond acceptors (Lipinski definition) is 2. The summed E-state index contributed by atoms with van der Waals surface area (Å²) in [5.74, 6) is 1.95. The minimum Gasteiger partial charge on any atom is -0.357 e. The van der Waals surface area contributed by atoms with Gasteiger partial charge >= 0.3 is 0 Å². The van der Waals surface area contributed by atoms with Crippen LogP contribution in [-0.2, 0) is 5.88 Å². The van der Waals surface area contributed by atoms with Crippen molar-refractivity contribution in [2.75, 3.05) is 11.9 Å². The molecule has 0 N–H and O–H groups in total. The molecule has 0 bridgehead atoms. The Morgan fingerprint density at radius 3 is 2.47 bits per heavy atom. The molecule has 1 aromatic rings. The zero-order valence-electron chi connectivity index (χ0n) is 10.9. The Labute approximate surface area is 114 Å². The second kappa shape index (κ2) is 6.46. The molecule has 0 aromatic carbocycles. The van der Waals surface area contributed by atoms with Gasteiger partial charge in [-0.25, -0.2) is 4.98 Å². The van der Waals surface area contributed by atoms with Gasteiger partial charge in [-0.05, 0) is 31.4 Å². The van der Waals surface area contributed by atoms with Crippen molar-refractivity contribution in [2.45, 2.75) is 39.1 Å². The SMILES string of the molecule is CC(C)CC(C)N(C)c1ccc(Cl)c(CCl)n1. The van der Waals surface area contributed by atoms with Crippen molar-refractivity contribution in [1.82, 2.24) is 4.98 Å². The number of halogens is 2. The topological polar surface area (TPSA) is 16.1 Å².